The van der Waals surface area contributed by atoms with Gasteiger partial charge < -0.3 is 25.2 Å². The Morgan fingerprint density at radius 3 is 2.40 bits per heavy atom. The van der Waals surface area contributed by atoms with Crippen molar-refractivity contribution in [2.24, 2.45) is 11.8 Å². The fourth-order valence-corrected chi connectivity index (χ4v) is 4.70. The van der Waals surface area contributed by atoms with Crippen LogP contribution in [0, 0.1) is 11.8 Å². The van der Waals surface area contributed by atoms with Crippen molar-refractivity contribution in [2.75, 3.05) is 7.11 Å². The van der Waals surface area contributed by atoms with Gasteiger partial charge in [0.2, 0.25) is 5.78 Å². The quantitative estimate of drug-likeness (QED) is 0.511. The molecule has 30 heavy (non-hydrogen) atoms. The SMILES string of the molecule is CO[C@@H]1C(=O)C(C(C)=O)C(=O)[C@@]2(O)C(=O)c3c(cc4cc(O)cc(O)c4c3O)C[C@@H]12. The molecule has 0 aliphatic heterocycles. The van der Waals surface area contributed by atoms with Crippen LogP contribution in [0.4, 0.5) is 0 Å². The van der Waals surface area contributed by atoms with Crippen LogP contribution in [0.5, 0.6) is 17.2 Å². The Balaban J connectivity index is 2.01. The number of aromatic hydroxyl groups is 3. The summed E-state index contributed by atoms with van der Waals surface area (Å²) in [4.78, 5) is 50.9. The van der Waals surface area contributed by atoms with Gasteiger partial charge in [-0.2, -0.15) is 0 Å². The third-order valence-corrected chi connectivity index (χ3v) is 6.04. The summed E-state index contributed by atoms with van der Waals surface area (Å²) in [5.74, 6) is -8.69. The minimum absolute atomic E-state index is 0.146. The summed E-state index contributed by atoms with van der Waals surface area (Å²) >= 11 is 0. The molecule has 2 aromatic rings. The zero-order valence-electron chi connectivity index (χ0n) is 16.0. The number of hydrogen-bond donors (Lipinski definition) is 4. The number of Topliss-reactive ketones (excluding diaryl/α,β-unsaturated/α-hetero) is 4. The van der Waals surface area contributed by atoms with E-state index in [0.717, 1.165) is 13.0 Å². The van der Waals surface area contributed by atoms with Crippen LogP contribution in [0.15, 0.2) is 18.2 Å². The fraction of sp³-hybridized carbons (Fsp3) is 0.333. The highest BCUT2D eigenvalue weighted by molar-refractivity contribution is 6.33. The van der Waals surface area contributed by atoms with E-state index in [9.17, 15) is 39.6 Å². The first-order valence-electron chi connectivity index (χ1n) is 9.13. The molecule has 0 saturated heterocycles. The summed E-state index contributed by atoms with van der Waals surface area (Å²) in [6.45, 7) is 1.01. The molecule has 0 radical (unpaired) electrons. The minimum atomic E-state index is -2.75. The molecular weight excluding hydrogens is 396 g/mol. The van der Waals surface area contributed by atoms with Crippen LogP contribution < -0.4 is 0 Å². The topological polar surface area (TPSA) is 158 Å². The molecule has 0 aromatic heterocycles. The van der Waals surface area contributed by atoms with Gasteiger partial charge in [-0.1, -0.05) is 0 Å². The molecule has 4 N–H and O–H groups in total. The van der Waals surface area contributed by atoms with Gasteiger partial charge in [0.1, 0.15) is 35.1 Å². The maximum atomic E-state index is 13.3. The zero-order valence-corrected chi connectivity index (χ0v) is 16.0. The normalized spacial score (nSPS) is 28.4. The molecule has 0 amide bonds. The largest absolute Gasteiger partial charge is 0.508 e. The van der Waals surface area contributed by atoms with Gasteiger partial charge in [-0.05, 0) is 36.4 Å². The Labute approximate surface area is 169 Å². The van der Waals surface area contributed by atoms with Gasteiger partial charge in [0, 0.05) is 19.1 Å². The first-order chi connectivity index (χ1) is 14.0. The van der Waals surface area contributed by atoms with Gasteiger partial charge in [-0.25, -0.2) is 0 Å². The van der Waals surface area contributed by atoms with Crippen LogP contribution in [-0.4, -0.2) is 62.4 Å². The number of hydrogen-bond acceptors (Lipinski definition) is 9. The summed E-state index contributed by atoms with van der Waals surface area (Å²) in [7, 11) is 1.17. The van der Waals surface area contributed by atoms with E-state index in [-0.39, 0.29) is 34.1 Å². The van der Waals surface area contributed by atoms with E-state index < -0.39 is 58.2 Å². The summed E-state index contributed by atoms with van der Waals surface area (Å²) in [5, 5.41) is 41.9. The highest BCUT2D eigenvalue weighted by atomic mass is 16.5. The average molecular weight is 414 g/mol. The van der Waals surface area contributed by atoms with Crippen molar-refractivity contribution >= 4 is 33.9 Å². The molecule has 1 saturated carbocycles. The van der Waals surface area contributed by atoms with E-state index >= 15 is 0 Å². The molecule has 0 spiro atoms. The second kappa shape index (κ2) is 6.35. The van der Waals surface area contributed by atoms with Crippen LogP contribution in [0.3, 0.4) is 0 Å². The Bertz CT molecular complexity index is 1170. The first-order valence-corrected chi connectivity index (χ1v) is 9.13. The lowest BCUT2D eigenvalue weighted by atomic mass is 9.59. The number of methoxy groups -OCH3 is 1. The maximum absolute atomic E-state index is 13.3. The van der Waals surface area contributed by atoms with Gasteiger partial charge in [0.25, 0.3) is 0 Å². The second-order valence-corrected chi connectivity index (χ2v) is 7.70. The first kappa shape index (κ1) is 20.0. The Kier molecular flexibility index (Phi) is 4.23. The third-order valence-electron chi connectivity index (χ3n) is 6.04. The molecule has 1 unspecified atom stereocenters. The molecular formula is C21H18O9. The highest BCUT2D eigenvalue weighted by Gasteiger charge is 2.65. The number of aliphatic hydroxyl groups is 1. The summed E-state index contributed by atoms with van der Waals surface area (Å²) < 4.78 is 5.18. The predicted molar refractivity (Wildman–Crippen MR) is 100 cm³/mol. The van der Waals surface area contributed by atoms with Crippen molar-refractivity contribution in [3.05, 3.63) is 29.3 Å². The van der Waals surface area contributed by atoms with E-state index in [4.69, 9.17) is 4.74 Å². The number of carbonyl (C=O) groups is 4. The smallest absolute Gasteiger partial charge is 0.206 e. The molecule has 1 fully saturated rings. The van der Waals surface area contributed by atoms with Crippen molar-refractivity contribution in [1.82, 2.24) is 0 Å². The van der Waals surface area contributed by atoms with Crippen LogP contribution in [-0.2, 0) is 25.5 Å². The molecule has 2 aliphatic rings. The number of fused-ring (bicyclic) bond motifs is 3. The van der Waals surface area contributed by atoms with E-state index in [1.165, 1.54) is 19.2 Å². The molecule has 9 heteroatoms. The fourth-order valence-electron chi connectivity index (χ4n) is 4.70. The second-order valence-electron chi connectivity index (χ2n) is 7.70. The maximum Gasteiger partial charge on any atom is 0.206 e. The number of carbonyl (C=O) groups excluding carboxylic acids is 4. The summed E-state index contributed by atoms with van der Waals surface area (Å²) in [6, 6.07) is 3.65. The molecule has 0 heterocycles. The molecule has 0 bridgehead atoms. The lowest BCUT2D eigenvalue weighted by molar-refractivity contribution is -0.169. The van der Waals surface area contributed by atoms with Crippen LogP contribution in [0.2, 0.25) is 0 Å². The van der Waals surface area contributed by atoms with Gasteiger partial charge in [0.15, 0.2) is 17.2 Å². The standard InChI is InChI=1S/C21H18O9/c1-7(22)13-17(26)18(30-2)11-5-9-3-8-4-10(23)6-12(24)14(8)16(25)15(9)20(28)21(11,29)19(13)27/h3-4,6,11,13,18,23-25,29H,5H2,1-2H3/t11-,13?,18-,21+/m0/s1. The third kappa shape index (κ3) is 2.36. The molecule has 156 valence electrons. The van der Waals surface area contributed by atoms with Crippen molar-refractivity contribution in [3.63, 3.8) is 0 Å². The molecule has 4 atom stereocenters. The van der Waals surface area contributed by atoms with E-state index in [0.29, 0.717) is 0 Å². The number of ether oxygens (including phenoxy) is 1. The molecule has 9 nitrogen and oxygen atoms in total. The Hall–Kier alpha value is -3.30. The Morgan fingerprint density at radius 2 is 1.80 bits per heavy atom. The van der Waals surface area contributed by atoms with Crippen molar-refractivity contribution < 1.29 is 44.3 Å². The summed E-state index contributed by atoms with van der Waals surface area (Å²) in [5.41, 5.74) is -2.94. The van der Waals surface area contributed by atoms with Gasteiger partial charge >= 0.3 is 0 Å². The number of ketones is 4. The number of benzene rings is 2. The Morgan fingerprint density at radius 1 is 1.13 bits per heavy atom. The van der Waals surface area contributed by atoms with E-state index in [2.05, 4.69) is 0 Å². The van der Waals surface area contributed by atoms with Crippen molar-refractivity contribution in [2.45, 2.75) is 25.0 Å². The number of phenolic OH excluding ortho intramolecular Hbond substituents is 3. The number of phenols is 3. The van der Waals surface area contributed by atoms with Crippen LogP contribution in [0.1, 0.15) is 22.8 Å². The highest BCUT2D eigenvalue weighted by Crippen LogP contribution is 2.48. The lowest BCUT2D eigenvalue weighted by Gasteiger charge is -2.46. The van der Waals surface area contributed by atoms with Gasteiger partial charge in [-0.3, -0.25) is 19.2 Å². The van der Waals surface area contributed by atoms with E-state index in [1.54, 1.807) is 0 Å². The molecule has 4 rings (SSSR count). The monoisotopic (exact) mass is 414 g/mol. The minimum Gasteiger partial charge on any atom is -0.508 e. The zero-order chi connectivity index (χ0) is 22.1. The summed E-state index contributed by atoms with van der Waals surface area (Å²) in [6.07, 6.45) is -1.59. The predicted octanol–water partition coefficient (Wildman–Crippen LogP) is 0.415. The van der Waals surface area contributed by atoms with Crippen LogP contribution >= 0.6 is 0 Å². The molecule has 2 aromatic carbocycles. The van der Waals surface area contributed by atoms with Crippen molar-refractivity contribution in [3.8, 4) is 17.2 Å². The molecule has 2 aliphatic carbocycles. The van der Waals surface area contributed by atoms with Crippen molar-refractivity contribution in [1.29, 1.82) is 0 Å². The van der Waals surface area contributed by atoms with E-state index in [1.807, 2.05) is 0 Å². The average Bonchev–Trinajstić information content (AvgIpc) is 2.64. The lowest BCUT2D eigenvalue weighted by Crippen LogP contribution is -2.69. The van der Waals surface area contributed by atoms with Crippen LogP contribution in [0.25, 0.3) is 10.8 Å². The number of rotatable bonds is 2. The van der Waals surface area contributed by atoms with Gasteiger partial charge in [0.05, 0.1) is 10.9 Å². The van der Waals surface area contributed by atoms with Gasteiger partial charge in [-0.15, -0.1) is 0 Å².